The van der Waals surface area contributed by atoms with E-state index in [1.54, 1.807) is 18.6 Å². The zero-order valence-electron chi connectivity index (χ0n) is 16.9. The lowest BCUT2D eigenvalue weighted by atomic mass is 10.0. The molecule has 4 aromatic rings. The van der Waals surface area contributed by atoms with Crippen LogP contribution in [0.3, 0.4) is 0 Å². The van der Waals surface area contributed by atoms with Crippen molar-refractivity contribution < 1.29 is 13.9 Å². The Morgan fingerprint density at radius 2 is 1.40 bits per heavy atom. The number of carbonyl (C=O) groups excluding carboxylic acids is 1. The molecule has 0 atom stereocenters. The van der Waals surface area contributed by atoms with Gasteiger partial charge < -0.3 is 9.15 Å². The van der Waals surface area contributed by atoms with Gasteiger partial charge in [0.15, 0.2) is 14.7 Å². The molecule has 3 aromatic carbocycles. The summed E-state index contributed by atoms with van der Waals surface area (Å²) in [5.74, 6) is -0.354. The molecule has 0 spiro atoms. The topological polar surface area (TPSA) is 39.4 Å². The van der Waals surface area contributed by atoms with Crippen LogP contribution in [0.5, 0.6) is 0 Å². The summed E-state index contributed by atoms with van der Waals surface area (Å²) >= 11 is 0. The largest absolute Gasteiger partial charge is 0.472 e. The predicted molar refractivity (Wildman–Crippen MR) is 119 cm³/mol. The van der Waals surface area contributed by atoms with Gasteiger partial charge in [-0.25, -0.2) is 4.79 Å². The molecular formula is C26H23O3S+. The van der Waals surface area contributed by atoms with Crippen LogP contribution in [-0.2, 0) is 21.2 Å². The number of ether oxygens (including phenoxy) is 1. The minimum absolute atomic E-state index is 0.317. The smallest absolute Gasteiger partial charge is 0.339 e. The predicted octanol–water partition coefficient (Wildman–Crippen LogP) is 6.47. The average molecular weight is 416 g/mol. The highest BCUT2D eigenvalue weighted by Crippen LogP contribution is 2.32. The normalized spacial score (nSPS) is 11.4. The van der Waals surface area contributed by atoms with Crippen LogP contribution >= 0.6 is 0 Å². The molecule has 0 aliphatic rings. The van der Waals surface area contributed by atoms with E-state index in [1.165, 1.54) is 9.79 Å². The molecule has 1 heterocycles. The fourth-order valence-electron chi connectivity index (χ4n) is 3.23. The Labute approximate surface area is 179 Å². The second-order valence-electron chi connectivity index (χ2n) is 7.37. The monoisotopic (exact) mass is 415 g/mol. The second-order valence-corrected chi connectivity index (χ2v) is 9.40. The van der Waals surface area contributed by atoms with Gasteiger partial charge in [-0.15, -0.1) is 0 Å². The van der Waals surface area contributed by atoms with Crippen LogP contribution in [0.1, 0.15) is 29.8 Å². The molecular weight excluding hydrogens is 392 g/mol. The van der Waals surface area contributed by atoms with Crippen molar-refractivity contribution in [2.75, 3.05) is 0 Å². The van der Waals surface area contributed by atoms with Crippen LogP contribution in [0, 0.1) is 0 Å². The highest BCUT2D eigenvalue weighted by molar-refractivity contribution is 7.97. The zero-order chi connectivity index (χ0) is 21.0. The number of furan rings is 1. The van der Waals surface area contributed by atoms with Crippen molar-refractivity contribution in [1.29, 1.82) is 0 Å². The zero-order valence-corrected chi connectivity index (χ0v) is 17.8. The van der Waals surface area contributed by atoms with E-state index in [9.17, 15) is 4.79 Å². The first-order valence-corrected chi connectivity index (χ1v) is 11.0. The van der Waals surface area contributed by atoms with E-state index in [-0.39, 0.29) is 16.9 Å². The Hall–Kier alpha value is -3.24. The van der Waals surface area contributed by atoms with Gasteiger partial charge >= 0.3 is 5.97 Å². The van der Waals surface area contributed by atoms with Crippen LogP contribution in [0.4, 0.5) is 0 Å². The number of hydrogen-bond acceptors (Lipinski definition) is 3. The fraction of sp³-hybridized carbons (Fsp3) is 0.115. The maximum Gasteiger partial charge on any atom is 0.339 e. The standard InChI is InChI=1S/C26H23O3S/c1-26(2,21-16-17-28-19-21)29-25(27)20-10-9-15-24(18-20)30(22-11-5-3-6-12-22)23-13-7-4-8-14-23/h3-19H,1-2H3/q+1. The molecule has 4 rings (SSSR count). The highest BCUT2D eigenvalue weighted by Gasteiger charge is 2.31. The molecule has 0 amide bonds. The van der Waals surface area contributed by atoms with Gasteiger partial charge in [0, 0.05) is 11.6 Å². The lowest BCUT2D eigenvalue weighted by molar-refractivity contribution is -0.00336. The first-order valence-electron chi connectivity index (χ1n) is 9.75. The molecule has 1 aromatic heterocycles. The highest BCUT2D eigenvalue weighted by atomic mass is 32.2. The summed E-state index contributed by atoms with van der Waals surface area (Å²) in [6, 6.07) is 30.3. The van der Waals surface area contributed by atoms with Crippen molar-refractivity contribution in [2.45, 2.75) is 34.1 Å². The molecule has 0 radical (unpaired) electrons. The average Bonchev–Trinajstić information content (AvgIpc) is 3.32. The molecule has 3 nitrogen and oxygen atoms in total. The summed E-state index contributed by atoms with van der Waals surface area (Å²) in [5.41, 5.74) is 0.578. The number of hydrogen-bond donors (Lipinski definition) is 0. The van der Waals surface area contributed by atoms with Crippen molar-refractivity contribution in [2.24, 2.45) is 0 Å². The molecule has 0 unspecified atom stereocenters. The summed E-state index contributed by atoms with van der Waals surface area (Å²) in [6.45, 7) is 3.72. The molecule has 0 bridgehead atoms. The summed E-state index contributed by atoms with van der Waals surface area (Å²) < 4.78 is 11.0. The molecule has 0 saturated heterocycles. The van der Waals surface area contributed by atoms with Gasteiger partial charge in [0.25, 0.3) is 0 Å². The maximum absolute atomic E-state index is 13.0. The van der Waals surface area contributed by atoms with Gasteiger partial charge in [0.1, 0.15) is 5.60 Å². The van der Waals surface area contributed by atoms with Crippen molar-refractivity contribution in [3.63, 3.8) is 0 Å². The minimum atomic E-state index is -0.777. The van der Waals surface area contributed by atoms with Gasteiger partial charge in [0.2, 0.25) is 0 Å². The molecule has 0 N–H and O–H groups in total. The molecule has 150 valence electrons. The third kappa shape index (κ3) is 4.34. The quantitative estimate of drug-likeness (QED) is 0.268. The lowest BCUT2D eigenvalue weighted by Crippen LogP contribution is -2.25. The van der Waals surface area contributed by atoms with Crippen LogP contribution in [0.25, 0.3) is 0 Å². The fourth-order valence-corrected chi connectivity index (χ4v) is 5.36. The van der Waals surface area contributed by atoms with Gasteiger partial charge in [-0.1, -0.05) is 42.5 Å². The Bertz CT molecular complexity index is 1060. The Morgan fingerprint density at radius 3 is 1.97 bits per heavy atom. The number of rotatable bonds is 6. The van der Waals surface area contributed by atoms with Gasteiger partial charge in [-0.05, 0) is 56.3 Å². The lowest BCUT2D eigenvalue weighted by Gasteiger charge is -2.23. The van der Waals surface area contributed by atoms with E-state index >= 15 is 0 Å². The van der Waals surface area contributed by atoms with Gasteiger partial charge in [-0.2, -0.15) is 0 Å². The van der Waals surface area contributed by atoms with Gasteiger partial charge in [-0.3, -0.25) is 0 Å². The van der Waals surface area contributed by atoms with Crippen molar-refractivity contribution >= 4 is 16.9 Å². The SMILES string of the molecule is CC(C)(OC(=O)c1cccc([S+](c2ccccc2)c2ccccc2)c1)c1ccoc1. The summed E-state index contributed by atoms with van der Waals surface area (Å²) in [5, 5.41) is 0. The minimum Gasteiger partial charge on any atom is -0.472 e. The first-order chi connectivity index (χ1) is 14.5. The number of benzene rings is 3. The van der Waals surface area contributed by atoms with E-state index < -0.39 is 5.60 Å². The summed E-state index contributed by atoms with van der Waals surface area (Å²) in [4.78, 5) is 16.4. The van der Waals surface area contributed by atoms with Crippen LogP contribution in [-0.4, -0.2) is 5.97 Å². The van der Waals surface area contributed by atoms with Crippen LogP contribution in [0.15, 0.2) is 123 Å². The number of esters is 1. The van der Waals surface area contributed by atoms with E-state index in [0.717, 1.165) is 10.5 Å². The van der Waals surface area contributed by atoms with Crippen LogP contribution in [0.2, 0.25) is 0 Å². The van der Waals surface area contributed by atoms with E-state index in [0.29, 0.717) is 5.56 Å². The van der Waals surface area contributed by atoms with E-state index in [2.05, 4.69) is 30.3 Å². The molecule has 4 heteroatoms. The van der Waals surface area contributed by atoms with Crippen molar-refractivity contribution in [1.82, 2.24) is 0 Å². The van der Waals surface area contributed by atoms with Crippen molar-refractivity contribution in [3.05, 3.63) is 115 Å². The molecule has 0 aliphatic carbocycles. The number of carbonyl (C=O) groups is 1. The summed E-state index contributed by atoms with van der Waals surface area (Å²) in [6.07, 6.45) is 3.18. The molecule has 0 fully saturated rings. The Morgan fingerprint density at radius 1 is 0.800 bits per heavy atom. The van der Waals surface area contributed by atoms with E-state index in [1.807, 2.05) is 68.4 Å². The summed E-state index contributed by atoms with van der Waals surface area (Å²) in [7, 11) is -0.317. The Balaban J connectivity index is 1.68. The van der Waals surface area contributed by atoms with Crippen molar-refractivity contribution in [3.8, 4) is 0 Å². The third-order valence-electron chi connectivity index (χ3n) is 4.83. The first kappa shape index (κ1) is 20.0. The second kappa shape index (κ2) is 8.64. The van der Waals surface area contributed by atoms with E-state index in [4.69, 9.17) is 9.15 Å². The van der Waals surface area contributed by atoms with Gasteiger partial charge in [0.05, 0.1) is 29.0 Å². The molecule has 0 saturated carbocycles. The molecule has 0 aliphatic heterocycles. The Kier molecular flexibility index (Phi) is 5.77. The third-order valence-corrected chi connectivity index (χ3v) is 7.04. The molecule has 30 heavy (non-hydrogen) atoms. The maximum atomic E-state index is 13.0. The van der Waals surface area contributed by atoms with Crippen LogP contribution < -0.4 is 0 Å².